The Hall–Kier alpha value is -1.44. The fourth-order valence-electron chi connectivity index (χ4n) is 9.31. The first-order valence-electron chi connectivity index (χ1n) is 14.5. The number of hydrogen-bond acceptors (Lipinski definition) is 7. The van der Waals surface area contributed by atoms with E-state index in [2.05, 4.69) is 36.7 Å². The van der Waals surface area contributed by atoms with Gasteiger partial charge in [-0.3, -0.25) is 19.2 Å². The lowest BCUT2D eigenvalue weighted by atomic mass is 9.43. The molecule has 4 saturated carbocycles. The van der Waals surface area contributed by atoms with Gasteiger partial charge in [0.15, 0.2) is 0 Å². The molecule has 0 aromatic carbocycles. The van der Waals surface area contributed by atoms with Crippen LogP contribution in [0.25, 0.3) is 0 Å². The SMILES string of the molecule is CCOC(=O)CCC(C)C1CCC2C3C(=O)C(Br)C4CC(OC(C)=O)CCC4(C)C3CC(OC(C)=O)C12C. The number of ether oxygens (including phenoxy) is 3. The standard InChI is InChI=1S/C30H45BrO7/c1-7-36-25(34)11-8-16(2)20-9-10-21-26-22(15-24(30(20,21)6)38-18(4)33)29(5)13-12-19(37-17(3)32)14-23(29)27(31)28(26)35/h16,19-24,26-27H,7-15H2,1-6H3. The minimum atomic E-state index is -0.332. The van der Waals surface area contributed by atoms with Gasteiger partial charge < -0.3 is 14.2 Å². The van der Waals surface area contributed by atoms with E-state index in [0.29, 0.717) is 25.9 Å². The Morgan fingerprint density at radius 1 is 1.00 bits per heavy atom. The predicted molar refractivity (Wildman–Crippen MR) is 145 cm³/mol. The summed E-state index contributed by atoms with van der Waals surface area (Å²) in [6, 6.07) is 0. The van der Waals surface area contributed by atoms with Gasteiger partial charge in [0.05, 0.1) is 11.4 Å². The molecule has 0 amide bonds. The van der Waals surface area contributed by atoms with Gasteiger partial charge >= 0.3 is 17.9 Å². The first kappa shape index (κ1) is 29.5. The Balaban J connectivity index is 1.64. The van der Waals surface area contributed by atoms with E-state index in [1.165, 1.54) is 13.8 Å². The van der Waals surface area contributed by atoms with Crippen molar-refractivity contribution in [2.45, 2.75) is 110 Å². The van der Waals surface area contributed by atoms with E-state index in [4.69, 9.17) is 14.2 Å². The van der Waals surface area contributed by atoms with Crippen LogP contribution in [0.3, 0.4) is 0 Å². The second-order valence-corrected chi connectivity index (χ2v) is 13.9. The summed E-state index contributed by atoms with van der Waals surface area (Å²) < 4.78 is 16.9. The van der Waals surface area contributed by atoms with E-state index in [0.717, 1.165) is 32.1 Å². The Morgan fingerprint density at radius 3 is 2.32 bits per heavy atom. The average Bonchev–Trinajstić information content (AvgIpc) is 3.20. The van der Waals surface area contributed by atoms with Crippen LogP contribution in [0.15, 0.2) is 0 Å². The maximum absolute atomic E-state index is 14.1. The molecule has 4 aliphatic carbocycles. The van der Waals surface area contributed by atoms with E-state index >= 15 is 0 Å². The van der Waals surface area contributed by atoms with Crippen LogP contribution in [-0.2, 0) is 33.4 Å². The van der Waals surface area contributed by atoms with Gasteiger partial charge in [-0.05, 0) is 86.9 Å². The number of alkyl halides is 1. The zero-order valence-corrected chi connectivity index (χ0v) is 25.4. The van der Waals surface area contributed by atoms with E-state index in [9.17, 15) is 19.2 Å². The van der Waals surface area contributed by atoms with Gasteiger partial charge in [-0.1, -0.05) is 36.7 Å². The molecule has 0 aromatic heterocycles. The maximum atomic E-state index is 14.1. The van der Waals surface area contributed by atoms with Gasteiger partial charge in [-0.25, -0.2) is 0 Å². The molecule has 11 unspecified atom stereocenters. The maximum Gasteiger partial charge on any atom is 0.305 e. The van der Waals surface area contributed by atoms with Crippen LogP contribution in [0, 0.1) is 46.3 Å². The third-order valence-corrected chi connectivity index (χ3v) is 12.1. The lowest BCUT2D eigenvalue weighted by Gasteiger charge is -2.63. The second-order valence-electron chi connectivity index (χ2n) is 12.9. The number of rotatable bonds is 7. The molecule has 4 rings (SSSR count). The monoisotopic (exact) mass is 596 g/mol. The summed E-state index contributed by atoms with van der Waals surface area (Å²) in [6.07, 6.45) is 5.56. The van der Waals surface area contributed by atoms with Crippen molar-refractivity contribution >= 4 is 39.6 Å². The average molecular weight is 598 g/mol. The van der Waals surface area contributed by atoms with Crippen LogP contribution >= 0.6 is 15.9 Å². The van der Waals surface area contributed by atoms with Crippen molar-refractivity contribution in [3.05, 3.63) is 0 Å². The third kappa shape index (κ3) is 5.08. The predicted octanol–water partition coefficient (Wildman–Crippen LogP) is 5.65. The van der Waals surface area contributed by atoms with Gasteiger partial charge in [0, 0.05) is 31.6 Å². The Bertz CT molecular complexity index is 951. The summed E-state index contributed by atoms with van der Waals surface area (Å²) in [6.45, 7) is 11.9. The molecule has 0 aliphatic heterocycles. The smallest absolute Gasteiger partial charge is 0.305 e. The Labute approximate surface area is 235 Å². The molecule has 0 saturated heterocycles. The summed E-state index contributed by atoms with van der Waals surface area (Å²) >= 11 is 3.83. The lowest BCUT2D eigenvalue weighted by Crippen LogP contribution is -2.64. The van der Waals surface area contributed by atoms with Crippen LogP contribution in [0.1, 0.15) is 92.9 Å². The molecule has 0 heterocycles. The van der Waals surface area contributed by atoms with Crippen molar-refractivity contribution in [2.75, 3.05) is 6.61 Å². The summed E-state index contributed by atoms with van der Waals surface area (Å²) in [4.78, 5) is 50.0. The van der Waals surface area contributed by atoms with Gasteiger partial charge in [0.2, 0.25) is 0 Å². The third-order valence-electron chi connectivity index (χ3n) is 11.0. The molecule has 38 heavy (non-hydrogen) atoms. The molecule has 4 aliphatic rings. The number of carbonyl (C=O) groups excluding carboxylic acids is 4. The van der Waals surface area contributed by atoms with Gasteiger partial charge in [-0.15, -0.1) is 0 Å². The summed E-state index contributed by atoms with van der Waals surface area (Å²) in [5.41, 5.74) is -0.446. The zero-order chi connectivity index (χ0) is 28.0. The minimum absolute atomic E-state index is 0.0670. The summed E-state index contributed by atoms with van der Waals surface area (Å²) in [7, 11) is 0. The van der Waals surface area contributed by atoms with Gasteiger partial charge in [0.25, 0.3) is 0 Å². The van der Waals surface area contributed by atoms with E-state index < -0.39 is 0 Å². The van der Waals surface area contributed by atoms with Gasteiger partial charge in [-0.2, -0.15) is 0 Å². The number of halogens is 1. The summed E-state index contributed by atoms with van der Waals surface area (Å²) in [5, 5.41) is 0. The number of hydrogen-bond donors (Lipinski definition) is 0. The molecule has 0 spiro atoms. The molecule has 0 bridgehead atoms. The highest BCUT2D eigenvalue weighted by Crippen LogP contribution is 2.68. The first-order valence-corrected chi connectivity index (χ1v) is 15.4. The molecule has 11 atom stereocenters. The number of fused-ring (bicyclic) bond motifs is 5. The summed E-state index contributed by atoms with van der Waals surface area (Å²) in [5.74, 6) is 0.235. The zero-order valence-electron chi connectivity index (χ0n) is 23.8. The van der Waals surface area contributed by atoms with Crippen molar-refractivity contribution in [3.8, 4) is 0 Å². The van der Waals surface area contributed by atoms with Crippen LogP contribution in [0.5, 0.6) is 0 Å². The molecule has 0 aromatic rings. The van der Waals surface area contributed by atoms with E-state index in [1.54, 1.807) is 0 Å². The van der Waals surface area contributed by atoms with Gasteiger partial charge in [0.1, 0.15) is 18.0 Å². The highest BCUT2D eigenvalue weighted by Gasteiger charge is 2.68. The first-order chi connectivity index (χ1) is 17.8. The minimum Gasteiger partial charge on any atom is -0.466 e. The van der Waals surface area contributed by atoms with E-state index in [1.807, 2.05) is 6.92 Å². The molecular weight excluding hydrogens is 552 g/mol. The lowest BCUT2D eigenvalue weighted by molar-refractivity contribution is -0.196. The molecule has 0 N–H and O–H groups in total. The number of esters is 3. The highest BCUT2D eigenvalue weighted by molar-refractivity contribution is 9.10. The van der Waals surface area contributed by atoms with Crippen molar-refractivity contribution < 1.29 is 33.4 Å². The fourth-order valence-corrected chi connectivity index (χ4v) is 10.4. The molecule has 8 heteroatoms. The number of carbonyl (C=O) groups is 4. The number of Topliss-reactive ketones (excluding diaryl/α,β-unsaturated/α-hetero) is 1. The fraction of sp³-hybridized carbons (Fsp3) is 0.867. The quantitative estimate of drug-likeness (QED) is 0.213. The van der Waals surface area contributed by atoms with Crippen LogP contribution in [0.2, 0.25) is 0 Å². The largest absolute Gasteiger partial charge is 0.466 e. The van der Waals surface area contributed by atoms with Crippen LogP contribution in [-0.4, -0.2) is 47.3 Å². The van der Waals surface area contributed by atoms with Crippen LogP contribution in [0.4, 0.5) is 0 Å². The molecule has 214 valence electrons. The Morgan fingerprint density at radius 2 is 1.68 bits per heavy atom. The molecular formula is C30H45BrO7. The van der Waals surface area contributed by atoms with Crippen molar-refractivity contribution in [1.29, 1.82) is 0 Å². The Kier molecular flexibility index (Phi) is 8.71. The van der Waals surface area contributed by atoms with Crippen LogP contribution < -0.4 is 0 Å². The van der Waals surface area contributed by atoms with Crippen molar-refractivity contribution in [3.63, 3.8) is 0 Å². The van der Waals surface area contributed by atoms with E-state index in [-0.39, 0.29) is 87.1 Å². The van der Waals surface area contributed by atoms with Crippen molar-refractivity contribution in [1.82, 2.24) is 0 Å². The highest BCUT2D eigenvalue weighted by atomic mass is 79.9. The molecule has 0 radical (unpaired) electrons. The van der Waals surface area contributed by atoms with Crippen molar-refractivity contribution in [2.24, 2.45) is 46.3 Å². The molecule has 7 nitrogen and oxygen atoms in total. The molecule has 4 fully saturated rings. The topological polar surface area (TPSA) is 96.0 Å². The number of ketones is 1. The second kappa shape index (κ2) is 11.2. The normalized spacial score (nSPS) is 42.8.